The second-order valence-electron chi connectivity index (χ2n) is 7.49. The molecule has 7 nitrogen and oxygen atoms in total. The Bertz CT molecular complexity index is 973. The number of hydrogen-bond acceptors (Lipinski definition) is 5. The lowest BCUT2D eigenvalue weighted by atomic mass is 9.93. The Balaban J connectivity index is 1.89. The van der Waals surface area contributed by atoms with Crippen molar-refractivity contribution in [1.29, 1.82) is 5.26 Å². The summed E-state index contributed by atoms with van der Waals surface area (Å²) in [7, 11) is 1.67. The van der Waals surface area contributed by atoms with Crippen LogP contribution in [0.3, 0.4) is 0 Å². The molecule has 0 spiro atoms. The van der Waals surface area contributed by atoms with Gasteiger partial charge in [0.25, 0.3) is 0 Å². The van der Waals surface area contributed by atoms with Gasteiger partial charge in [0, 0.05) is 29.9 Å². The van der Waals surface area contributed by atoms with Crippen LogP contribution in [-0.2, 0) is 9.59 Å². The SMILES string of the molecule is CNCC(=O)N1CC(C)C(C)C1C(=O)NC(C#N)c1cncc2c(F)cccc12. The van der Waals surface area contributed by atoms with Crippen LogP contribution in [0.15, 0.2) is 30.6 Å². The number of benzene rings is 1. The number of nitriles is 1. The Labute approximate surface area is 168 Å². The molecule has 2 N–H and O–H groups in total. The molecule has 3 rings (SSSR count). The van der Waals surface area contributed by atoms with E-state index in [1.54, 1.807) is 24.1 Å². The van der Waals surface area contributed by atoms with Gasteiger partial charge in [0.2, 0.25) is 11.8 Å². The van der Waals surface area contributed by atoms with E-state index in [2.05, 4.69) is 21.7 Å². The maximum absolute atomic E-state index is 14.1. The first kappa shape index (κ1) is 20.7. The molecule has 2 heterocycles. The Hall–Kier alpha value is -3.05. The Kier molecular flexibility index (Phi) is 6.09. The minimum atomic E-state index is -1.01. The molecule has 8 heteroatoms. The largest absolute Gasteiger partial charge is 0.335 e. The molecule has 1 aliphatic rings. The molecule has 1 aliphatic heterocycles. The van der Waals surface area contributed by atoms with Crippen LogP contribution < -0.4 is 10.6 Å². The van der Waals surface area contributed by atoms with Crippen LogP contribution in [0.25, 0.3) is 10.8 Å². The van der Waals surface area contributed by atoms with Crippen molar-refractivity contribution >= 4 is 22.6 Å². The van der Waals surface area contributed by atoms with E-state index in [0.717, 1.165) is 0 Å². The summed E-state index contributed by atoms with van der Waals surface area (Å²) in [6, 6.07) is 4.96. The number of fused-ring (bicyclic) bond motifs is 1. The van der Waals surface area contributed by atoms with Crippen molar-refractivity contribution in [3.63, 3.8) is 0 Å². The maximum Gasteiger partial charge on any atom is 0.244 e. The third-order valence-electron chi connectivity index (χ3n) is 5.64. The van der Waals surface area contributed by atoms with Crippen molar-refractivity contribution in [2.75, 3.05) is 20.1 Å². The van der Waals surface area contributed by atoms with Gasteiger partial charge in [-0.2, -0.15) is 5.26 Å². The highest BCUT2D eigenvalue weighted by Crippen LogP contribution is 2.31. The number of amides is 2. The fourth-order valence-corrected chi connectivity index (χ4v) is 3.89. The van der Waals surface area contributed by atoms with Crippen molar-refractivity contribution in [1.82, 2.24) is 20.5 Å². The van der Waals surface area contributed by atoms with Crippen LogP contribution in [0.1, 0.15) is 25.5 Å². The molecular weight excluding hydrogens is 373 g/mol. The first-order chi connectivity index (χ1) is 13.9. The lowest BCUT2D eigenvalue weighted by molar-refractivity contribution is -0.138. The van der Waals surface area contributed by atoms with E-state index in [9.17, 15) is 19.2 Å². The lowest BCUT2D eigenvalue weighted by Crippen LogP contribution is -2.50. The molecule has 2 aromatic rings. The first-order valence-electron chi connectivity index (χ1n) is 9.55. The van der Waals surface area contributed by atoms with Gasteiger partial charge in [0.05, 0.1) is 12.6 Å². The highest BCUT2D eigenvalue weighted by atomic mass is 19.1. The molecule has 1 aromatic carbocycles. The van der Waals surface area contributed by atoms with Crippen LogP contribution in [0.5, 0.6) is 0 Å². The van der Waals surface area contributed by atoms with Crippen molar-refractivity contribution in [2.24, 2.45) is 11.8 Å². The molecule has 1 saturated heterocycles. The number of likely N-dealkylation sites (tertiary alicyclic amines) is 1. The number of rotatable bonds is 5. The summed E-state index contributed by atoms with van der Waals surface area (Å²) >= 11 is 0. The van der Waals surface area contributed by atoms with Gasteiger partial charge in [0.15, 0.2) is 0 Å². The predicted molar refractivity (Wildman–Crippen MR) is 106 cm³/mol. The third kappa shape index (κ3) is 3.91. The van der Waals surface area contributed by atoms with E-state index < -0.39 is 23.8 Å². The summed E-state index contributed by atoms with van der Waals surface area (Å²) in [6.07, 6.45) is 2.85. The highest BCUT2D eigenvalue weighted by molar-refractivity contribution is 5.91. The second kappa shape index (κ2) is 8.53. The molecule has 4 atom stereocenters. The van der Waals surface area contributed by atoms with Gasteiger partial charge in [-0.3, -0.25) is 14.6 Å². The van der Waals surface area contributed by atoms with Crippen molar-refractivity contribution in [3.8, 4) is 6.07 Å². The number of carbonyl (C=O) groups is 2. The minimum Gasteiger partial charge on any atom is -0.335 e. The molecule has 2 amide bonds. The molecule has 0 bridgehead atoms. The van der Waals surface area contributed by atoms with E-state index in [1.165, 1.54) is 18.5 Å². The number of carbonyl (C=O) groups excluding carboxylic acids is 2. The van der Waals surface area contributed by atoms with Gasteiger partial charge in [-0.05, 0) is 30.3 Å². The van der Waals surface area contributed by atoms with Gasteiger partial charge in [-0.15, -0.1) is 0 Å². The van der Waals surface area contributed by atoms with Crippen LogP contribution in [0.2, 0.25) is 0 Å². The topological polar surface area (TPSA) is 98.1 Å². The molecule has 1 fully saturated rings. The number of pyridine rings is 1. The van der Waals surface area contributed by atoms with E-state index in [0.29, 0.717) is 17.5 Å². The molecule has 29 heavy (non-hydrogen) atoms. The quantitative estimate of drug-likeness (QED) is 0.801. The molecular formula is C21H24FN5O2. The van der Waals surface area contributed by atoms with Gasteiger partial charge in [-0.1, -0.05) is 26.0 Å². The maximum atomic E-state index is 14.1. The summed E-state index contributed by atoms with van der Waals surface area (Å²) in [5.41, 5.74) is 0.421. The molecule has 0 aliphatic carbocycles. The van der Waals surface area contributed by atoms with Crippen molar-refractivity contribution in [2.45, 2.75) is 25.9 Å². The van der Waals surface area contributed by atoms with Gasteiger partial charge < -0.3 is 15.5 Å². The molecule has 0 saturated carbocycles. The van der Waals surface area contributed by atoms with Gasteiger partial charge in [-0.25, -0.2) is 4.39 Å². The van der Waals surface area contributed by atoms with Crippen LogP contribution in [0.4, 0.5) is 4.39 Å². The average molecular weight is 397 g/mol. The zero-order valence-electron chi connectivity index (χ0n) is 16.6. The van der Waals surface area contributed by atoms with Crippen molar-refractivity contribution < 1.29 is 14.0 Å². The molecule has 152 valence electrons. The number of likely N-dealkylation sites (N-methyl/N-ethyl adjacent to an activating group) is 1. The Morgan fingerprint density at radius 2 is 2.10 bits per heavy atom. The molecule has 1 aromatic heterocycles. The van der Waals surface area contributed by atoms with Crippen LogP contribution in [-0.4, -0.2) is 47.9 Å². The average Bonchev–Trinajstić information content (AvgIpc) is 3.01. The number of halogens is 1. The zero-order valence-corrected chi connectivity index (χ0v) is 16.6. The lowest BCUT2D eigenvalue weighted by Gasteiger charge is -2.27. The van der Waals surface area contributed by atoms with Gasteiger partial charge in [0.1, 0.15) is 17.9 Å². The fourth-order valence-electron chi connectivity index (χ4n) is 3.89. The van der Waals surface area contributed by atoms with Crippen LogP contribution >= 0.6 is 0 Å². The summed E-state index contributed by atoms with van der Waals surface area (Å²) in [6.45, 7) is 4.55. The van der Waals surface area contributed by atoms with Crippen molar-refractivity contribution in [3.05, 3.63) is 42.0 Å². The van der Waals surface area contributed by atoms with Crippen LogP contribution in [0, 0.1) is 29.0 Å². The normalized spacial score (nSPS) is 22.3. The summed E-state index contributed by atoms with van der Waals surface area (Å²) in [5, 5.41) is 16.1. The third-order valence-corrected chi connectivity index (χ3v) is 5.64. The monoisotopic (exact) mass is 397 g/mol. The summed E-state index contributed by atoms with van der Waals surface area (Å²) in [5.74, 6) is -0.905. The van der Waals surface area contributed by atoms with Gasteiger partial charge >= 0.3 is 0 Å². The molecule has 4 unspecified atom stereocenters. The minimum absolute atomic E-state index is 0.0572. The summed E-state index contributed by atoms with van der Waals surface area (Å²) in [4.78, 5) is 31.1. The van der Waals surface area contributed by atoms with E-state index in [-0.39, 0.29) is 29.7 Å². The highest BCUT2D eigenvalue weighted by Gasteiger charge is 2.43. The zero-order chi connectivity index (χ0) is 21.1. The first-order valence-corrected chi connectivity index (χ1v) is 9.55. The second-order valence-corrected chi connectivity index (χ2v) is 7.49. The standard InChI is InChI=1S/C21H24FN5O2/c1-12-11-27(19(28)10-24-3)20(13(12)2)21(29)26-18(7-23)16-9-25-8-15-14(16)5-4-6-17(15)22/h4-6,8-9,12-13,18,20,24H,10-11H2,1-3H3,(H,26,29). The number of nitrogens with zero attached hydrogens (tertiary/aromatic N) is 3. The summed E-state index contributed by atoms with van der Waals surface area (Å²) < 4.78 is 14.1. The number of nitrogens with one attached hydrogen (secondary N) is 2. The Morgan fingerprint density at radius 1 is 1.34 bits per heavy atom. The fraction of sp³-hybridized carbons (Fsp3) is 0.429. The molecule has 0 radical (unpaired) electrons. The number of hydrogen-bond donors (Lipinski definition) is 2. The smallest absolute Gasteiger partial charge is 0.244 e. The Morgan fingerprint density at radius 3 is 2.79 bits per heavy atom. The van der Waals surface area contributed by atoms with E-state index >= 15 is 0 Å². The van der Waals surface area contributed by atoms with E-state index in [4.69, 9.17) is 0 Å². The predicted octanol–water partition coefficient (Wildman–Crippen LogP) is 1.76. The van der Waals surface area contributed by atoms with E-state index in [1.807, 2.05) is 13.8 Å². The number of aromatic nitrogens is 1.